The Morgan fingerprint density at radius 3 is 2.56 bits per heavy atom. The molecule has 0 bridgehead atoms. The molecule has 1 aliphatic rings. The summed E-state index contributed by atoms with van der Waals surface area (Å²) in [5.41, 5.74) is -0.0137. The summed E-state index contributed by atoms with van der Waals surface area (Å²) in [5, 5.41) is 18.1. The van der Waals surface area contributed by atoms with Crippen molar-refractivity contribution in [3.63, 3.8) is 0 Å². The Hall–Kier alpha value is -2.19. The molecule has 0 saturated heterocycles. The second-order valence-corrected chi connectivity index (χ2v) is 8.57. The number of nitrogens with zero attached hydrogens (tertiary/aromatic N) is 1. The van der Waals surface area contributed by atoms with Gasteiger partial charge in [0, 0.05) is 0 Å². The summed E-state index contributed by atoms with van der Waals surface area (Å²) >= 11 is 5.85. The molecule has 0 radical (unpaired) electrons. The van der Waals surface area contributed by atoms with Gasteiger partial charge in [0.25, 0.3) is 0 Å². The van der Waals surface area contributed by atoms with E-state index in [1.807, 2.05) is 0 Å². The minimum atomic E-state index is -4.23. The van der Waals surface area contributed by atoms with Gasteiger partial charge in [-0.1, -0.05) is 11.6 Å². The Bertz CT molecular complexity index is 1090. The molecule has 1 aromatic carbocycles. The zero-order valence-electron chi connectivity index (χ0n) is 12.0. The third-order valence-electron chi connectivity index (χ3n) is 3.28. The van der Waals surface area contributed by atoms with Crippen LogP contribution < -0.4 is 15.2 Å². The Balaban J connectivity index is 2.09. The average molecular weight is 409 g/mol. The van der Waals surface area contributed by atoms with Gasteiger partial charge in [0.2, 0.25) is 20.0 Å². The van der Waals surface area contributed by atoms with E-state index in [1.165, 1.54) is 6.07 Å². The molecule has 1 unspecified atom stereocenters. The van der Waals surface area contributed by atoms with Gasteiger partial charge in [-0.15, -0.1) is 0 Å². The highest BCUT2D eigenvalue weighted by atomic mass is 35.5. The van der Waals surface area contributed by atoms with Crippen LogP contribution in [0.1, 0.15) is 11.9 Å². The molecule has 134 valence electrons. The van der Waals surface area contributed by atoms with E-state index in [4.69, 9.17) is 21.2 Å². The van der Waals surface area contributed by atoms with Crippen LogP contribution in [0, 0.1) is 10.1 Å². The van der Waals surface area contributed by atoms with Gasteiger partial charge in [-0.3, -0.25) is 10.1 Å². The van der Waals surface area contributed by atoms with Gasteiger partial charge in [-0.25, -0.2) is 22.0 Å². The number of anilines is 1. The molecule has 0 aliphatic carbocycles. The van der Waals surface area contributed by atoms with Crippen LogP contribution in [0.25, 0.3) is 0 Å². The van der Waals surface area contributed by atoms with E-state index in [0.29, 0.717) is 0 Å². The van der Waals surface area contributed by atoms with Gasteiger partial charge in [-0.2, -0.15) is 4.72 Å². The van der Waals surface area contributed by atoms with Crippen molar-refractivity contribution >= 4 is 43.2 Å². The molecule has 14 heteroatoms. The number of nitro groups is 1. The molecule has 11 nitrogen and oxygen atoms in total. The number of sulfonamides is 2. The van der Waals surface area contributed by atoms with Crippen LogP contribution in [-0.4, -0.2) is 21.8 Å². The van der Waals surface area contributed by atoms with Gasteiger partial charge in [0.15, 0.2) is 6.17 Å². The predicted octanol–water partition coefficient (Wildman–Crippen LogP) is 0.891. The Kier molecular flexibility index (Phi) is 4.00. The Labute approximate surface area is 146 Å². The molecule has 1 aliphatic heterocycles. The first kappa shape index (κ1) is 17.6. The highest BCUT2D eigenvalue weighted by Crippen LogP contribution is 2.37. The lowest BCUT2D eigenvalue weighted by atomic mass is 10.3. The first-order valence-electron chi connectivity index (χ1n) is 6.38. The number of hydrogen-bond donors (Lipinski definition) is 3. The van der Waals surface area contributed by atoms with Gasteiger partial charge in [0.1, 0.15) is 20.5 Å². The van der Waals surface area contributed by atoms with Gasteiger partial charge in [0.05, 0.1) is 16.8 Å². The highest BCUT2D eigenvalue weighted by molar-refractivity contribution is 7.90. The molecule has 0 amide bonds. The van der Waals surface area contributed by atoms with E-state index in [0.717, 1.165) is 18.2 Å². The molecular formula is C11H9ClN4O7S2. The molecule has 3 rings (SSSR count). The number of rotatable bonds is 3. The van der Waals surface area contributed by atoms with E-state index < -0.39 is 46.8 Å². The van der Waals surface area contributed by atoms with E-state index in [-0.39, 0.29) is 16.5 Å². The molecule has 2 heterocycles. The Morgan fingerprint density at radius 2 is 2.00 bits per heavy atom. The van der Waals surface area contributed by atoms with Crippen molar-refractivity contribution in [3.8, 4) is 0 Å². The Morgan fingerprint density at radius 1 is 1.32 bits per heavy atom. The van der Waals surface area contributed by atoms with Crippen LogP contribution in [0.4, 0.5) is 11.6 Å². The number of nitrogens with two attached hydrogens (primary N) is 1. The number of benzene rings is 1. The molecule has 4 N–H and O–H groups in total. The predicted molar refractivity (Wildman–Crippen MR) is 84.9 cm³/mol. The second-order valence-electron chi connectivity index (χ2n) is 4.96. The molecule has 2 aromatic rings. The summed E-state index contributed by atoms with van der Waals surface area (Å²) in [5.74, 6) is -0.628. The number of nitrogens with one attached hydrogen (secondary N) is 2. The van der Waals surface area contributed by atoms with Gasteiger partial charge < -0.3 is 9.73 Å². The molecule has 0 fully saturated rings. The van der Waals surface area contributed by atoms with Crippen molar-refractivity contribution in [3.05, 3.63) is 45.2 Å². The van der Waals surface area contributed by atoms with Crippen LogP contribution in [-0.2, 0) is 20.0 Å². The molecule has 1 aromatic heterocycles. The zero-order valence-corrected chi connectivity index (χ0v) is 14.4. The minimum Gasteiger partial charge on any atom is -0.402 e. The molecule has 1 atom stereocenters. The van der Waals surface area contributed by atoms with E-state index >= 15 is 0 Å². The number of primary sulfonamides is 1. The smallest absolute Gasteiger partial charge is 0.402 e. The topological polar surface area (TPSA) is 175 Å². The third kappa shape index (κ3) is 3.19. The summed E-state index contributed by atoms with van der Waals surface area (Å²) in [6.45, 7) is 0. The molecule has 0 saturated carbocycles. The van der Waals surface area contributed by atoms with E-state index in [1.54, 1.807) is 0 Å². The first-order chi connectivity index (χ1) is 11.5. The van der Waals surface area contributed by atoms with Crippen LogP contribution in [0.5, 0.6) is 0 Å². The summed E-state index contributed by atoms with van der Waals surface area (Å²) < 4.78 is 54.9. The molecule has 0 spiro atoms. The number of furan rings is 1. The van der Waals surface area contributed by atoms with Crippen LogP contribution in [0.2, 0.25) is 5.02 Å². The van der Waals surface area contributed by atoms with Crippen molar-refractivity contribution in [1.82, 2.24) is 4.72 Å². The molecular weight excluding hydrogens is 400 g/mol. The second kappa shape index (κ2) is 5.67. The number of hydrogen-bond acceptors (Lipinski definition) is 8. The fraction of sp³-hybridized carbons (Fsp3) is 0.0909. The lowest BCUT2D eigenvalue weighted by Gasteiger charge is -2.27. The summed E-state index contributed by atoms with van der Waals surface area (Å²) in [4.78, 5) is 8.95. The van der Waals surface area contributed by atoms with Gasteiger partial charge >= 0.3 is 5.88 Å². The van der Waals surface area contributed by atoms with Crippen molar-refractivity contribution in [2.75, 3.05) is 5.32 Å². The molecule has 25 heavy (non-hydrogen) atoms. The maximum atomic E-state index is 12.4. The van der Waals surface area contributed by atoms with Crippen LogP contribution in [0.3, 0.4) is 0 Å². The van der Waals surface area contributed by atoms with Crippen LogP contribution >= 0.6 is 11.6 Å². The fourth-order valence-electron chi connectivity index (χ4n) is 2.22. The standard InChI is InChI=1S/C11H9ClN4O7S2/c12-5-3-6-9(4-8(5)24(13,19)20)25(21,22)15-11(14-6)7-1-2-10(23-7)16(17)18/h1-4,11,14-15H,(H2,13,19,20). The number of halogens is 1. The first-order valence-corrected chi connectivity index (χ1v) is 9.79. The third-order valence-corrected chi connectivity index (χ3v) is 6.12. The largest absolute Gasteiger partial charge is 0.433 e. The summed E-state index contributed by atoms with van der Waals surface area (Å²) in [6, 6.07) is 4.20. The zero-order chi connectivity index (χ0) is 18.6. The van der Waals surface area contributed by atoms with Crippen molar-refractivity contribution in [1.29, 1.82) is 0 Å². The lowest BCUT2D eigenvalue weighted by molar-refractivity contribution is -0.402. The van der Waals surface area contributed by atoms with E-state index in [9.17, 15) is 26.9 Å². The fourth-order valence-corrected chi connectivity index (χ4v) is 4.68. The van der Waals surface area contributed by atoms with Crippen molar-refractivity contribution in [2.24, 2.45) is 5.14 Å². The summed E-state index contributed by atoms with van der Waals surface area (Å²) in [7, 11) is -8.41. The van der Waals surface area contributed by atoms with E-state index in [2.05, 4.69) is 10.0 Å². The van der Waals surface area contributed by atoms with Crippen molar-refractivity contribution in [2.45, 2.75) is 16.0 Å². The number of fused-ring (bicyclic) bond motifs is 1. The normalized spacial score (nSPS) is 19.0. The average Bonchev–Trinajstić information content (AvgIpc) is 2.94. The minimum absolute atomic E-state index is 0.0137. The maximum absolute atomic E-state index is 12.4. The van der Waals surface area contributed by atoms with Gasteiger partial charge in [-0.05, 0) is 18.2 Å². The maximum Gasteiger partial charge on any atom is 0.433 e. The quantitative estimate of drug-likeness (QED) is 0.495. The highest BCUT2D eigenvalue weighted by Gasteiger charge is 2.34. The summed E-state index contributed by atoms with van der Waals surface area (Å²) in [6.07, 6.45) is -1.15. The lowest BCUT2D eigenvalue weighted by Crippen LogP contribution is -2.38. The SMILES string of the molecule is NS(=O)(=O)c1cc2c(cc1Cl)NC(c1ccc([N+](=O)[O-])o1)NS2(=O)=O. The van der Waals surface area contributed by atoms with Crippen molar-refractivity contribution < 1.29 is 26.2 Å². The van der Waals surface area contributed by atoms with Crippen LogP contribution in [0.15, 0.2) is 38.5 Å². The monoisotopic (exact) mass is 408 g/mol.